The highest BCUT2D eigenvalue weighted by Gasteiger charge is 2.25. The standard InChI is InChI=1S/C23H26N4O2S/c1-15(2)20(26-22(28)19-7-5-13-30-19)23(29)25-17-10-8-16(9-11-17)21-24-14-18-6-3-4-12-27(18)21/h5,7-11,13-15,20H,3-4,6,12H2,1-2H3,(H,25,29)(H,26,28). The van der Waals surface area contributed by atoms with Crippen molar-refractivity contribution >= 4 is 28.8 Å². The number of carbonyl (C=O) groups is 2. The van der Waals surface area contributed by atoms with Gasteiger partial charge in [-0.25, -0.2) is 4.98 Å². The average molecular weight is 423 g/mol. The maximum Gasteiger partial charge on any atom is 0.262 e. The van der Waals surface area contributed by atoms with E-state index < -0.39 is 6.04 Å². The lowest BCUT2D eigenvalue weighted by Gasteiger charge is -2.21. The summed E-state index contributed by atoms with van der Waals surface area (Å²) in [6.45, 7) is 4.84. The number of aryl methyl sites for hydroxylation is 1. The van der Waals surface area contributed by atoms with Crippen LogP contribution in [0.2, 0.25) is 0 Å². The van der Waals surface area contributed by atoms with Crippen LogP contribution in [0, 0.1) is 5.92 Å². The first-order chi connectivity index (χ1) is 14.5. The van der Waals surface area contributed by atoms with Crippen LogP contribution in [0.3, 0.4) is 0 Å². The quantitative estimate of drug-likeness (QED) is 0.620. The minimum absolute atomic E-state index is 0.0374. The fraction of sp³-hybridized carbons (Fsp3) is 0.348. The van der Waals surface area contributed by atoms with E-state index in [9.17, 15) is 9.59 Å². The zero-order valence-corrected chi connectivity index (χ0v) is 18.0. The number of amides is 2. The van der Waals surface area contributed by atoms with Gasteiger partial charge in [-0.2, -0.15) is 0 Å². The SMILES string of the molecule is CC(C)C(NC(=O)c1cccs1)C(=O)Nc1ccc(-c2ncc3n2CCCC3)cc1. The van der Waals surface area contributed by atoms with Crippen molar-refractivity contribution in [1.82, 2.24) is 14.9 Å². The molecule has 1 unspecified atom stereocenters. The number of imidazole rings is 1. The van der Waals surface area contributed by atoms with Gasteiger partial charge in [-0.05, 0) is 60.9 Å². The molecule has 0 saturated heterocycles. The van der Waals surface area contributed by atoms with E-state index in [-0.39, 0.29) is 17.7 Å². The van der Waals surface area contributed by atoms with Gasteiger partial charge in [0.1, 0.15) is 11.9 Å². The van der Waals surface area contributed by atoms with Gasteiger partial charge in [-0.1, -0.05) is 19.9 Å². The molecule has 30 heavy (non-hydrogen) atoms. The zero-order valence-electron chi connectivity index (χ0n) is 17.2. The summed E-state index contributed by atoms with van der Waals surface area (Å²) < 4.78 is 2.28. The average Bonchev–Trinajstić information content (AvgIpc) is 3.42. The highest BCUT2D eigenvalue weighted by molar-refractivity contribution is 7.12. The highest BCUT2D eigenvalue weighted by atomic mass is 32.1. The lowest BCUT2D eigenvalue weighted by atomic mass is 10.0. The Morgan fingerprint density at radius 2 is 1.93 bits per heavy atom. The van der Waals surface area contributed by atoms with Crippen LogP contribution >= 0.6 is 11.3 Å². The van der Waals surface area contributed by atoms with Gasteiger partial charge >= 0.3 is 0 Å². The van der Waals surface area contributed by atoms with Gasteiger partial charge in [0, 0.05) is 29.7 Å². The minimum atomic E-state index is -0.612. The molecule has 1 aliphatic rings. The number of nitrogens with one attached hydrogen (secondary N) is 2. The van der Waals surface area contributed by atoms with Crippen molar-refractivity contribution in [3.05, 3.63) is 58.5 Å². The first kappa shape index (κ1) is 20.3. The maximum atomic E-state index is 12.8. The van der Waals surface area contributed by atoms with Crippen molar-refractivity contribution < 1.29 is 9.59 Å². The molecular formula is C23H26N4O2S. The fourth-order valence-electron chi connectivity index (χ4n) is 3.74. The van der Waals surface area contributed by atoms with Crippen molar-refractivity contribution in [3.63, 3.8) is 0 Å². The molecule has 1 aliphatic heterocycles. The van der Waals surface area contributed by atoms with Crippen LogP contribution < -0.4 is 10.6 Å². The Kier molecular flexibility index (Phi) is 5.99. The molecule has 2 N–H and O–H groups in total. The first-order valence-corrected chi connectivity index (χ1v) is 11.2. The molecule has 1 aromatic carbocycles. The molecule has 0 saturated carbocycles. The summed E-state index contributed by atoms with van der Waals surface area (Å²) in [5.41, 5.74) is 3.02. The summed E-state index contributed by atoms with van der Waals surface area (Å²) in [6, 6.07) is 10.7. The van der Waals surface area contributed by atoms with Crippen LogP contribution in [-0.4, -0.2) is 27.4 Å². The van der Waals surface area contributed by atoms with Crippen molar-refractivity contribution in [1.29, 1.82) is 0 Å². The van der Waals surface area contributed by atoms with E-state index in [0.717, 1.165) is 24.4 Å². The summed E-state index contributed by atoms with van der Waals surface area (Å²) in [5.74, 6) is 0.495. The van der Waals surface area contributed by atoms with E-state index in [4.69, 9.17) is 0 Å². The zero-order chi connectivity index (χ0) is 21.1. The number of nitrogens with zero attached hydrogens (tertiary/aromatic N) is 2. The number of rotatable bonds is 6. The molecule has 7 heteroatoms. The van der Waals surface area contributed by atoms with Crippen LogP contribution in [0.1, 0.15) is 42.1 Å². The Bertz CT molecular complexity index is 1020. The second kappa shape index (κ2) is 8.83. The predicted molar refractivity (Wildman–Crippen MR) is 120 cm³/mol. The molecule has 0 spiro atoms. The first-order valence-electron chi connectivity index (χ1n) is 10.3. The van der Waals surface area contributed by atoms with Crippen LogP contribution in [0.15, 0.2) is 48.0 Å². The molecule has 1 atom stereocenters. The molecule has 156 valence electrons. The second-order valence-electron chi connectivity index (χ2n) is 7.92. The molecule has 6 nitrogen and oxygen atoms in total. The molecule has 0 fully saturated rings. The maximum absolute atomic E-state index is 12.8. The predicted octanol–water partition coefficient (Wildman–Crippen LogP) is 4.34. The normalized spacial score (nSPS) is 14.2. The Labute approximate surface area is 180 Å². The van der Waals surface area contributed by atoms with Gasteiger partial charge in [0.05, 0.1) is 4.88 Å². The third-order valence-corrected chi connectivity index (χ3v) is 6.26. The van der Waals surface area contributed by atoms with Crippen LogP contribution in [0.25, 0.3) is 11.4 Å². The summed E-state index contributed by atoms with van der Waals surface area (Å²) >= 11 is 1.36. The number of aromatic nitrogens is 2. The van der Waals surface area contributed by atoms with Crippen molar-refractivity contribution in [2.75, 3.05) is 5.32 Å². The number of hydrogen-bond donors (Lipinski definition) is 2. The second-order valence-corrected chi connectivity index (χ2v) is 8.87. The Hall–Kier alpha value is -2.93. The third kappa shape index (κ3) is 4.31. The Balaban J connectivity index is 1.44. The number of anilines is 1. The molecule has 2 aromatic heterocycles. The molecule has 3 heterocycles. The Morgan fingerprint density at radius 3 is 2.63 bits per heavy atom. The van der Waals surface area contributed by atoms with E-state index in [1.54, 1.807) is 6.07 Å². The van der Waals surface area contributed by atoms with Crippen molar-refractivity contribution in [2.24, 2.45) is 5.92 Å². The molecule has 0 aliphatic carbocycles. The number of thiophene rings is 1. The smallest absolute Gasteiger partial charge is 0.262 e. The summed E-state index contributed by atoms with van der Waals surface area (Å²) in [6.07, 6.45) is 5.44. The van der Waals surface area contributed by atoms with Gasteiger partial charge in [0.15, 0.2) is 0 Å². The fourth-order valence-corrected chi connectivity index (χ4v) is 4.37. The van der Waals surface area contributed by atoms with Gasteiger partial charge in [0.2, 0.25) is 5.91 Å². The van der Waals surface area contributed by atoms with Crippen LogP contribution in [0.4, 0.5) is 5.69 Å². The van der Waals surface area contributed by atoms with E-state index in [0.29, 0.717) is 10.6 Å². The molecule has 3 aromatic rings. The third-order valence-electron chi connectivity index (χ3n) is 5.39. The summed E-state index contributed by atoms with van der Waals surface area (Å²) in [7, 11) is 0. The molecule has 0 radical (unpaired) electrons. The van der Waals surface area contributed by atoms with Gasteiger partial charge in [-0.3, -0.25) is 9.59 Å². The lowest BCUT2D eigenvalue weighted by Crippen LogP contribution is -2.46. The number of benzene rings is 1. The molecule has 2 amide bonds. The largest absolute Gasteiger partial charge is 0.339 e. The van der Waals surface area contributed by atoms with E-state index in [2.05, 4.69) is 20.2 Å². The Morgan fingerprint density at radius 1 is 1.13 bits per heavy atom. The summed E-state index contributed by atoms with van der Waals surface area (Å²) in [5, 5.41) is 7.63. The molecule has 4 rings (SSSR count). The van der Waals surface area contributed by atoms with E-state index in [1.165, 1.54) is 29.9 Å². The van der Waals surface area contributed by atoms with Crippen LogP contribution in [0.5, 0.6) is 0 Å². The van der Waals surface area contributed by atoms with Crippen LogP contribution in [-0.2, 0) is 17.8 Å². The number of hydrogen-bond acceptors (Lipinski definition) is 4. The van der Waals surface area contributed by atoms with Gasteiger partial charge < -0.3 is 15.2 Å². The van der Waals surface area contributed by atoms with Crippen molar-refractivity contribution in [3.8, 4) is 11.4 Å². The van der Waals surface area contributed by atoms with Crippen molar-refractivity contribution in [2.45, 2.75) is 45.7 Å². The monoisotopic (exact) mass is 422 g/mol. The minimum Gasteiger partial charge on any atom is -0.339 e. The topological polar surface area (TPSA) is 76.0 Å². The van der Waals surface area contributed by atoms with Gasteiger partial charge in [0.25, 0.3) is 5.91 Å². The number of fused-ring (bicyclic) bond motifs is 1. The number of carbonyl (C=O) groups excluding carboxylic acids is 2. The molecule has 0 bridgehead atoms. The molecular weight excluding hydrogens is 396 g/mol. The lowest BCUT2D eigenvalue weighted by molar-refractivity contribution is -0.118. The van der Waals surface area contributed by atoms with E-state index >= 15 is 0 Å². The van der Waals surface area contributed by atoms with Gasteiger partial charge in [-0.15, -0.1) is 11.3 Å². The summed E-state index contributed by atoms with van der Waals surface area (Å²) in [4.78, 5) is 30.4. The highest BCUT2D eigenvalue weighted by Crippen LogP contribution is 2.25. The van der Waals surface area contributed by atoms with E-state index in [1.807, 2.05) is 55.8 Å².